The molecule has 1 aromatic heterocycles. The molecule has 4 nitrogen and oxygen atoms in total. The Hall–Kier alpha value is -2.46. The van der Waals surface area contributed by atoms with Gasteiger partial charge in [0, 0.05) is 39.4 Å². The van der Waals surface area contributed by atoms with E-state index in [-0.39, 0.29) is 12.1 Å². The van der Waals surface area contributed by atoms with Crippen molar-refractivity contribution >= 4 is 34.2 Å². The van der Waals surface area contributed by atoms with E-state index >= 15 is 0 Å². The molecule has 5 heteroatoms. The van der Waals surface area contributed by atoms with Crippen molar-refractivity contribution in [2.24, 2.45) is 0 Å². The molecule has 0 radical (unpaired) electrons. The quantitative estimate of drug-likeness (QED) is 0.636. The highest BCUT2D eigenvalue weighted by atomic mass is 35.5. The average Bonchev–Trinajstić information content (AvgIpc) is 2.93. The molecular weight excluding hydrogens is 310 g/mol. The van der Waals surface area contributed by atoms with Gasteiger partial charge >= 0.3 is 6.03 Å². The lowest BCUT2D eigenvalue weighted by Crippen LogP contribution is -2.46. The van der Waals surface area contributed by atoms with Crippen molar-refractivity contribution in [2.45, 2.75) is 12.5 Å². The third kappa shape index (κ3) is 1.75. The highest BCUT2D eigenvalue weighted by Crippen LogP contribution is 2.43. The third-order valence-corrected chi connectivity index (χ3v) is 5.08. The molecule has 1 atom stereocenters. The molecule has 2 aliphatic rings. The number of amides is 2. The molecular formula is C18H14ClN3O. The number of H-pyrrole nitrogens is 1. The standard InChI is InChI=1S/C18H14ClN3O/c19-10-5-6-15-13(9-10)11-7-8-22-17(16(11)20-15)12-3-1-2-4-14(12)21-18(22)23/h1-6,9,17,20H,7-8H2,(H,21,23). The van der Waals surface area contributed by atoms with E-state index in [4.69, 9.17) is 11.6 Å². The highest BCUT2D eigenvalue weighted by Gasteiger charge is 2.38. The summed E-state index contributed by atoms with van der Waals surface area (Å²) >= 11 is 6.17. The van der Waals surface area contributed by atoms with E-state index in [0.717, 1.165) is 39.3 Å². The van der Waals surface area contributed by atoms with Crippen molar-refractivity contribution in [2.75, 3.05) is 11.9 Å². The Morgan fingerprint density at radius 3 is 2.96 bits per heavy atom. The van der Waals surface area contributed by atoms with Crippen LogP contribution in [0.3, 0.4) is 0 Å². The Morgan fingerprint density at radius 2 is 2.04 bits per heavy atom. The van der Waals surface area contributed by atoms with Crippen LogP contribution < -0.4 is 5.32 Å². The van der Waals surface area contributed by atoms with Gasteiger partial charge in [0.1, 0.15) is 6.04 Å². The number of hydrogen-bond donors (Lipinski definition) is 2. The number of carbonyl (C=O) groups is 1. The van der Waals surface area contributed by atoms with Crippen molar-refractivity contribution in [3.63, 3.8) is 0 Å². The molecule has 5 rings (SSSR count). The number of urea groups is 1. The van der Waals surface area contributed by atoms with Crippen LogP contribution in [0.5, 0.6) is 0 Å². The zero-order chi connectivity index (χ0) is 15.6. The lowest BCUT2D eigenvalue weighted by molar-refractivity contribution is 0.190. The fourth-order valence-corrected chi connectivity index (χ4v) is 4.01. The van der Waals surface area contributed by atoms with Gasteiger partial charge in [0.2, 0.25) is 0 Å². The van der Waals surface area contributed by atoms with Gasteiger partial charge in [-0.3, -0.25) is 0 Å². The Bertz CT molecular complexity index is 962. The summed E-state index contributed by atoms with van der Waals surface area (Å²) in [6.45, 7) is 0.706. The van der Waals surface area contributed by atoms with Crippen LogP contribution in [0.4, 0.5) is 10.5 Å². The molecule has 23 heavy (non-hydrogen) atoms. The number of rotatable bonds is 0. The monoisotopic (exact) mass is 323 g/mol. The Balaban J connectivity index is 1.79. The molecule has 3 aromatic rings. The first-order chi connectivity index (χ1) is 11.2. The van der Waals surface area contributed by atoms with Crippen molar-refractivity contribution in [1.82, 2.24) is 9.88 Å². The predicted molar refractivity (Wildman–Crippen MR) is 91.0 cm³/mol. The number of anilines is 1. The number of nitrogens with one attached hydrogen (secondary N) is 2. The van der Waals surface area contributed by atoms with Crippen LogP contribution in [0.1, 0.15) is 22.9 Å². The molecule has 2 amide bonds. The molecule has 2 aliphatic heterocycles. The smallest absolute Gasteiger partial charge is 0.322 e. The first-order valence-corrected chi connectivity index (χ1v) is 8.07. The van der Waals surface area contributed by atoms with Gasteiger partial charge in [-0.1, -0.05) is 29.8 Å². The summed E-state index contributed by atoms with van der Waals surface area (Å²) in [5.41, 5.74) is 5.47. The number of fused-ring (bicyclic) bond motifs is 7. The van der Waals surface area contributed by atoms with Gasteiger partial charge in [-0.05, 0) is 36.2 Å². The SMILES string of the molecule is O=C1Nc2ccccc2C2c3[nH]c4ccc(Cl)cc4c3CCN12. The Morgan fingerprint density at radius 1 is 1.17 bits per heavy atom. The number of benzene rings is 2. The van der Waals surface area contributed by atoms with E-state index in [1.165, 1.54) is 5.56 Å². The maximum atomic E-state index is 12.5. The van der Waals surface area contributed by atoms with Crippen molar-refractivity contribution in [3.05, 3.63) is 64.3 Å². The van der Waals surface area contributed by atoms with E-state index in [1.807, 2.05) is 41.3 Å². The molecule has 0 saturated carbocycles. The van der Waals surface area contributed by atoms with Gasteiger partial charge in [0.25, 0.3) is 0 Å². The number of aromatic amines is 1. The second-order valence-electron chi connectivity index (χ2n) is 6.07. The van der Waals surface area contributed by atoms with E-state index in [0.29, 0.717) is 6.54 Å². The average molecular weight is 324 g/mol. The number of carbonyl (C=O) groups excluding carboxylic acids is 1. The lowest BCUT2D eigenvalue weighted by Gasteiger charge is -2.40. The number of nitrogens with zero attached hydrogens (tertiary/aromatic N) is 1. The molecule has 114 valence electrons. The van der Waals surface area contributed by atoms with Crippen molar-refractivity contribution in [1.29, 1.82) is 0 Å². The normalized spacial score (nSPS) is 19.1. The Labute approximate surface area is 138 Å². The van der Waals surface area contributed by atoms with E-state index < -0.39 is 0 Å². The van der Waals surface area contributed by atoms with E-state index in [1.54, 1.807) is 0 Å². The molecule has 0 saturated heterocycles. The summed E-state index contributed by atoms with van der Waals surface area (Å²) in [5.74, 6) is 0. The summed E-state index contributed by atoms with van der Waals surface area (Å²) in [6.07, 6.45) is 0.835. The predicted octanol–water partition coefficient (Wildman–Crippen LogP) is 4.31. The third-order valence-electron chi connectivity index (χ3n) is 4.85. The maximum absolute atomic E-state index is 12.5. The molecule has 2 N–H and O–H groups in total. The first-order valence-electron chi connectivity index (χ1n) is 7.69. The lowest BCUT2D eigenvalue weighted by atomic mass is 9.90. The van der Waals surface area contributed by atoms with Crippen LogP contribution in [-0.4, -0.2) is 22.5 Å². The number of halogens is 1. The highest BCUT2D eigenvalue weighted by molar-refractivity contribution is 6.31. The van der Waals surface area contributed by atoms with E-state index in [9.17, 15) is 4.79 Å². The van der Waals surface area contributed by atoms with Crippen LogP contribution in [0.15, 0.2) is 42.5 Å². The maximum Gasteiger partial charge on any atom is 0.322 e. The van der Waals surface area contributed by atoms with Gasteiger partial charge in [-0.25, -0.2) is 4.79 Å². The second kappa shape index (κ2) is 4.52. The summed E-state index contributed by atoms with van der Waals surface area (Å²) in [6, 6.07) is 13.8. The van der Waals surface area contributed by atoms with Gasteiger partial charge in [0.15, 0.2) is 0 Å². The molecule has 0 aliphatic carbocycles. The van der Waals surface area contributed by atoms with Gasteiger partial charge in [-0.15, -0.1) is 0 Å². The minimum Gasteiger partial charge on any atom is -0.356 e. The van der Waals surface area contributed by atoms with Gasteiger partial charge < -0.3 is 15.2 Å². The molecule has 0 bridgehead atoms. The zero-order valence-electron chi connectivity index (χ0n) is 12.3. The molecule has 1 unspecified atom stereocenters. The van der Waals surface area contributed by atoms with Crippen LogP contribution in [0, 0.1) is 0 Å². The molecule has 2 aromatic carbocycles. The zero-order valence-corrected chi connectivity index (χ0v) is 13.0. The number of aromatic nitrogens is 1. The van der Waals surface area contributed by atoms with Crippen molar-refractivity contribution in [3.8, 4) is 0 Å². The molecule has 0 spiro atoms. The molecule has 0 fully saturated rings. The van der Waals surface area contributed by atoms with Crippen LogP contribution in [-0.2, 0) is 6.42 Å². The fourth-order valence-electron chi connectivity index (χ4n) is 3.84. The van der Waals surface area contributed by atoms with E-state index in [2.05, 4.69) is 16.4 Å². The fraction of sp³-hybridized carbons (Fsp3) is 0.167. The number of hydrogen-bond acceptors (Lipinski definition) is 1. The van der Waals surface area contributed by atoms with Gasteiger partial charge in [-0.2, -0.15) is 0 Å². The van der Waals surface area contributed by atoms with Crippen LogP contribution in [0.25, 0.3) is 10.9 Å². The molecule has 3 heterocycles. The minimum atomic E-state index is -0.0603. The first kappa shape index (κ1) is 13.0. The summed E-state index contributed by atoms with van der Waals surface area (Å²) in [5, 5.41) is 4.89. The van der Waals surface area contributed by atoms with Crippen molar-refractivity contribution < 1.29 is 4.79 Å². The second-order valence-corrected chi connectivity index (χ2v) is 6.51. The largest absolute Gasteiger partial charge is 0.356 e. The number of para-hydroxylation sites is 1. The summed E-state index contributed by atoms with van der Waals surface area (Å²) in [7, 11) is 0. The summed E-state index contributed by atoms with van der Waals surface area (Å²) < 4.78 is 0. The topological polar surface area (TPSA) is 48.1 Å². The van der Waals surface area contributed by atoms with Crippen LogP contribution >= 0.6 is 11.6 Å². The Kier molecular flexibility index (Phi) is 2.56. The van der Waals surface area contributed by atoms with Crippen LogP contribution in [0.2, 0.25) is 5.02 Å². The summed E-state index contributed by atoms with van der Waals surface area (Å²) in [4.78, 5) is 17.9. The minimum absolute atomic E-state index is 0.0314. The van der Waals surface area contributed by atoms with Gasteiger partial charge in [0.05, 0.1) is 0 Å².